The van der Waals surface area contributed by atoms with Crippen molar-refractivity contribution in [2.45, 2.75) is 30.8 Å². The molecule has 2 fully saturated rings. The standard InChI is InChI=1S/C20H23NO2/c1-21-14-12-20(13-15-21)22-18(16-8-4-2-5-9-16)19(23-20)17-10-6-3-7-11-17/h2-11,18-19H,12-15H2,1H3/t18-,19-/m1/s1. The Bertz CT molecular complexity index is 586. The molecule has 0 N–H and O–H groups in total. The quantitative estimate of drug-likeness (QED) is 0.839. The molecule has 0 aliphatic carbocycles. The summed E-state index contributed by atoms with van der Waals surface area (Å²) in [5, 5.41) is 0. The van der Waals surface area contributed by atoms with Crippen LogP contribution in [0.5, 0.6) is 0 Å². The predicted octanol–water partition coefficient (Wildman–Crippen LogP) is 3.94. The lowest BCUT2D eigenvalue weighted by Gasteiger charge is -2.36. The van der Waals surface area contributed by atoms with Crippen molar-refractivity contribution < 1.29 is 9.47 Å². The molecule has 23 heavy (non-hydrogen) atoms. The molecular formula is C20H23NO2. The fraction of sp³-hybridized carbons (Fsp3) is 0.400. The van der Waals surface area contributed by atoms with Crippen LogP contribution >= 0.6 is 0 Å². The third kappa shape index (κ3) is 2.92. The van der Waals surface area contributed by atoms with E-state index in [1.165, 1.54) is 11.1 Å². The van der Waals surface area contributed by atoms with Gasteiger partial charge in [-0.1, -0.05) is 60.7 Å². The van der Waals surface area contributed by atoms with Crippen LogP contribution in [0.3, 0.4) is 0 Å². The third-order valence-electron chi connectivity index (χ3n) is 4.96. The molecule has 2 aliphatic heterocycles. The van der Waals surface area contributed by atoms with E-state index in [9.17, 15) is 0 Å². The monoisotopic (exact) mass is 309 g/mol. The average Bonchev–Trinajstić information content (AvgIpc) is 2.99. The van der Waals surface area contributed by atoms with Crippen molar-refractivity contribution in [2.24, 2.45) is 0 Å². The van der Waals surface area contributed by atoms with E-state index >= 15 is 0 Å². The molecule has 3 heteroatoms. The lowest BCUT2D eigenvalue weighted by Crippen LogP contribution is -2.43. The van der Waals surface area contributed by atoms with Crippen LogP contribution in [0, 0.1) is 0 Å². The summed E-state index contributed by atoms with van der Waals surface area (Å²) < 4.78 is 13.1. The number of rotatable bonds is 2. The minimum atomic E-state index is -0.437. The molecular weight excluding hydrogens is 286 g/mol. The molecule has 3 nitrogen and oxygen atoms in total. The van der Waals surface area contributed by atoms with Gasteiger partial charge in [0.1, 0.15) is 12.2 Å². The summed E-state index contributed by atoms with van der Waals surface area (Å²) in [6.07, 6.45) is 1.77. The summed E-state index contributed by atoms with van der Waals surface area (Å²) in [5.74, 6) is -0.437. The van der Waals surface area contributed by atoms with Crippen LogP contribution in [0.25, 0.3) is 0 Å². The third-order valence-corrected chi connectivity index (χ3v) is 4.96. The molecule has 2 aromatic rings. The van der Waals surface area contributed by atoms with E-state index in [1.54, 1.807) is 0 Å². The zero-order chi connectivity index (χ0) is 15.7. The molecule has 2 aliphatic rings. The molecule has 4 rings (SSSR count). The SMILES string of the molecule is CN1CCC2(CC1)O[C@H](c1ccccc1)[C@@H](c1ccccc1)O2. The second-order valence-corrected chi connectivity index (χ2v) is 6.61. The summed E-state index contributed by atoms with van der Waals surface area (Å²) in [7, 11) is 2.16. The topological polar surface area (TPSA) is 21.7 Å². The molecule has 2 saturated heterocycles. The molecule has 0 aromatic heterocycles. The van der Waals surface area contributed by atoms with E-state index in [2.05, 4.69) is 60.5 Å². The summed E-state index contributed by atoms with van der Waals surface area (Å²) in [6, 6.07) is 20.9. The smallest absolute Gasteiger partial charge is 0.172 e. The van der Waals surface area contributed by atoms with Gasteiger partial charge in [0.15, 0.2) is 5.79 Å². The van der Waals surface area contributed by atoms with Crippen LogP contribution in [0.2, 0.25) is 0 Å². The van der Waals surface area contributed by atoms with Gasteiger partial charge in [0.2, 0.25) is 0 Å². The summed E-state index contributed by atoms with van der Waals surface area (Å²) in [6.45, 7) is 2.03. The first-order chi connectivity index (χ1) is 11.3. The second kappa shape index (κ2) is 6.08. The van der Waals surface area contributed by atoms with E-state index in [1.807, 2.05) is 12.1 Å². The van der Waals surface area contributed by atoms with Gasteiger partial charge in [-0.25, -0.2) is 0 Å². The number of ether oxygens (including phenoxy) is 2. The van der Waals surface area contributed by atoms with Crippen molar-refractivity contribution in [3.05, 3.63) is 71.8 Å². The second-order valence-electron chi connectivity index (χ2n) is 6.61. The zero-order valence-corrected chi connectivity index (χ0v) is 13.5. The Morgan fingerprint density at radius 1 is 0.783 bits per heavy atom. The zero-order valence-electron chi connectivity index (χ0n) is 13.5. The maximum Gasteiger partial charge on any atom is 0.172 e. The fourth-order valence-corrected chi connectivity index (χ4v) is 3.58. The first-order valence-electron chi connectivity index (χ1n) is 8.40. The van der Waals surface area contributed by atoms with Crippen molar-refractivity contribution in [3.63, 3.8) is 0 Å². The van der Waals surface area contributed by atoms with Gasteiger partial charge in [-0.15, -0.1) is 0 Å². The molecule has 1 spiro atoms. The minimum Gasteiger partial charge on any atom is -0.339 e. The van der Waals surface area contributed by atoms with Crippen molar-refractivity contribution in [1.29, 1.82) is 0 Å². The number of hydrogen-bond acceptors (Lipinski definition) is 3. The van der Waals surface area contributed by atoms with Crippen LogP contribution in [0.15, 0.2) is 60.7 Å². The van der Waals surface area contributed by atoms with Gasteiger partial charge in [-0.2, -0.15) is 0 Å². The lowest BCUT2D eigenvalue weighted by molar-refractivity contribution is -0.201. The molecule has 0 bridgehead atoms. The molecule has 120 valence electrons. The van der Waals surface area contributed by atoms with E-state index in [0.717, 1.165) is 25.9 Å². The Kier molecular flexibility index (Phi) is 3.93. The molecule has 0 unspecified atom stereocenters. The van der Waals surface area contributed by atoms with Crippen LogP contribution < -0.4 is 0 Å². The van der Waals surface area contributed by atoms with Crippen molar-refractivity contribution in [1.82, 2.24) is 4.90 Å². The number of benzene rings is 2. The van der Waals surface area contributed by atoms with Gasteiger partial charge in [0.25, 0.3) is 0 Å². The average molecular weight is 309 g/mol. The van der Waals surface area contributed by atoms with Crippen molar-refractivity contribution in [3.8, 4) is 0 Å². The molecule has 0 saturated carbocycles. The molecule has 2 heterocycles. The molecule has 2 aromatic carbocycles. The van der Waals surface area contributed by atoms with E-state index in [0.29, 0.717) is 0 Å². The van der Waals surface area contributed by atoms with E-state index in [4.69, 9.17) is 9.47 Å². The maximum atomic E-state index is 6.54. The highest BCUT2D eigenvalue weighted by Gasteiger charge is 2.49. The van der Waals surface area contributed by atoms with Crippen LogP contribution in [-0.4, -0.2) is 30.8 Å². The Morgan fingerprint density at radius 3 is 1.65 bits per heavy atom. The molecule has 0 amide bonds. The lowest BCUT2D eigenvalue weighted by atomic mass is 9.99. The summed E-state index contributed by atoms with van der Waals surface area (Å²) >= 11 is 0. The van der Waals surface area contributed by atoms with Gasteiger partial charge in [0, 0.05) is 25.9 Å². The molecule has 0 radical (unpaired) electrons. The highest BCUT2D eigenvalue weighted by atomic mass is 16.8. The number of piperidine rings is 1. The fourth-order valence-electron chi connectivity index (χ4n) is 3.58. The van der Waals surface area contributed by atoms with Gasteiger partial charge in [-0.3, -0.25) is 0 Å². The van der Waals surface area contributed by atoms with E-state index in [-0.39, 0.29) is 12.2 Å². The maximum absolute atomic E-state index is 6.54. The highest BCUT2D eigenvalue weighted by molar-refractivity contribution is 5.26. The van der Waals surface area contributed by atoms with Crippen LogP contribution in [0.4, 0.5) is 0 Å². The molecule has 2 atom stereocenters. The first kappa shape index (κ1) is 14.9. The summed E-state index contributed by atoms with van der Waals surface area (Å²) in [4.78, 5) is 2.34. The number of hydrogen-bond donors (Lipinski definition) is 0. The Labute approximate surface area is 137 Å². The summed E-state index contributed by atoms with van der Waals surface area (Å²) in [5.41, 5.74) is 2.38. The van der Waals surface area contributed by atoms with E-state index < -0.39 is 5.79 Å². The Morgan fingerprint density at radius 2 is 1.22 bits per heavy atom. The first-order valence-corrected chi connectivity index (χ1v) is 8.40. The number of likely N-dealkylation sites (tertiary alicyclic amines) is 1. The Hall–Kier alpha value is -1.68. The normalized spacial score (nSPS) is 27.3. The van der Waals surface area contributed by atoms with Crippen molar-refractivity contribution in [2.75, 3.05) is 20.1 Å². The minimum absolute atomic E-state index is 0.0398. The Balaban J connectivity index is 1.67. The van der Waals surface area contributed by atoms with Crippen LogP contribution in [-0.2, 0) is 9.47 Å². The van der Waals surface area contributed by atoms with Gasteiger partial charge >= 0.3 is 0 Å². The van der Waals surface area contributed by atoms with Gasteiger partial charge in [0.05, 0.1) is 0 Å². The predicted molar refractivity (Wildman–Crippen MR) is 90.0 cm³/mol. The number of nitrogens with zero attached hydrogens (tertiary/aromatic N) is 1. The highest BCUT2D eigenvalue weighted by Crippen LogP contribution is 2.50. The van der Waals surface area contributed by atoms with Gasteiger partial charge in [-0.05, 0) is 18.2 Å². The largest absolute Gasteiger partial charge is 0.339 e. The van der Waals surface area contributed by atoms with Crippen molar-refractivity contribution >= 4 is 0 Å². The van der Waals surface area contributed by atoms with Crippen LogP contribution in [0.1, 0.15) is 36.2 Å². The van der Waals surface area contributed by atoms with Gasteiger partial charge < -0.3 is 14.4 Å².